The van der Waals surface area contributed by atoms with E-state index in [0.29, 0.717) is 0 Å². The Morgan fingerprint density at radius 1 is 1.45 bits per heavy atom. The summed E-state index contributed by atoms with van der Waals surface area (Å²) in [5.74, 6) is 5.88. The Hall–Kier alpha value is -0.520. The van der Waals surface area contributed by atoms with Crippen molar-refractivity contribution in [3.05, 3.63) is 6.54 Å². The maximum atomic E-state index is 5.21. The minimum atomic E-state index is 0.857. The van der Waals surface area contributed by atoms with Crippen molar-refractivity contribution in [3.8, 4) is 11.8 Å². The fourth-order valence-corrected chi connectivity index (χ4v) is 1.04. The fraction of sp³-hybridized carbons (Fsp3) is 0.667. The van der Waals surface area contributed by atoms with E-state index in [0.717, 1.165) is 32.7 Å². The molecule has 0 amide bonds. The molecule has 0 unspecified atom stereocenters. The van der Waals surface area contributed by atoms with Crippen LogP contribution < -0.4 is 0 Å². The van der Waals surface area contributed by atoms with Crippen LogP contribution in [0.1, 0.15) is 13.3 Å². The van der Waals surface area contributed by atoms with Gasteiger partial charge in [-0.25, -0.2) is 0 Å². The normalized spacial score (nSPS) is 19.0. The third-order valence-electron chi connectivity index (χ3n) is 1.67. The Labute approximate surface area is 68.5 Å². The second-order valence-corrected chi connectivity index (χ2v) is 2.46. The third-order valence-corrected chi connectivity index (χ3v) is 1.67. The molecule has 2 heteroatoms. The SMILES string of the molecule is CC#CC[CH]N1CCOCC1. The van der Waals surface area contributed by atoms with Crippen LogP contribution in [0.3, 0.4) is 0 Å². The van der Waals surface area contributed by atoms with Gasteiger partial charge in [-0.2, -0.15) is 0 Å². The van der Waals surface area contributed by atoms with Gasteiger partial charge in [0.15, 0.2) is 0 Å². The minimum Gasteiger partial charge on any atom is -0.379 e. The van der Waals surface area contributed by atoms with Crippen LogP contribution >= 0.6 is 0 Å². The molecule has 0 aliphatic carbocycles. The van der Waals surface area contributed by atoms with E-state index < -0.39 is 0 Å². The molecule has 1 saturated heterocycles. The first-order valence-electron chi connectivity index (χ1n) is 3.98. The maximum Gasteiger partial charge on any atom is 0.0594 e. The van der Waals surface area contributed by atoms with E-state index >= 15 is 0 Å². The molecule has 0 spiro atoms. The summed E-state index contributed by atoms with van der Waals surface area (Å²) in [6.07, 6.45) is 0.872. The second kappa shape index (κ2) is 5.17. The zero-order chi connectivity index (χ0) is 7.94. The Kier molecular flexibility index (Phi) is 4.03. The van der Waals surface area contributed by atoms with Crippen molar-refractivity contribution >= 4 is 0 Å². The molecule has 0 bridgehead atoms. The van der Waals surface area contributed by atoms with E-state index in [4.69, 9.17) is 4.74 Å². The van der Waals surface area contributed by atoms with Gasteiger partial charge in [-0.15, -0.1) is 11.8 Å². The van der Waals surface area contributed by atoms with Gasteiger partial charge in [-0.3, -0.25) is 4.90 Å². The molecular formula is C9H14NO. The molecule has 1 aliphatic heterocycles. The van der Waals surface area contributed by atoms with Crippen LogP contribution in [0, 0.1) is 18.4 Å². The fourth-order valence-electron chi connectivity index (χ4n) is 1.04. The van der Waals surface area contributed by atoms with Gasteiger partial charge < -0.3 is 4.74 Å². The number of rotatable bonds is 2. The van der Waals surface area contributed by atoms with Crippen molar-refractivity contribution in [1.82, 2.24) is 4.90 Å². The van der Waals surface area contributed by atoms with Crippen molar-refractivity contribution < 1.29 is 4.74 Å². The summed E-state index contributed by atoms with van der Waals surface area (Å²) < 4.78 is 5.21. The third kappa shape index (κ3) is 3.41. The van der Waals surface area contributed by atoms with Gasteiger partial charge in [0.1, 0.15) is 0 Å². The number of nitrogens with zero attached hydrogens (tertiary/aromatic N) is 1. The Morgan fingerprint density at radius 2 is 2.18 bits per heavy atom. The number of hydrogen-bond donors (Lipinski definition) is 0. The van der Waals surface area contributed by atoms with E-state index in [-0.39, 0.29) is 0 Å². The van der Waals surface area contributed by atoms with Gasteiger partial charge in [-0.05, 0) is 6.92 Å². The second-order valence-electron chi connectivity index (χ2n) is 2.46. The lowest BCUT2D eigenvalue weighted by Gasteiger charge is -2.25. The molecule has 1 rings (SSSR count). The first kappa shape index (κ1) is 8.58. The molecule has 0 aromatic rings. The average Bonchev–Trinajstić information content (AvgIpc) is 2.07. The summed E-state index contributed by atoms with van der Waals surface area (Å²) in [5, 5.41) is 0. The van der Waals surface area contributed by atoms with Gasteiger partial charge >= 0.3 is 0 Å². The molecule has 11 heavy (non-hydrogen) atoms. The highest BCUT2D eigenvalue weighted by molar-refractivity contribution is 4.98. The number of morpholine rings is 1. The van der Waals surface area contributed by atoms with Gasteiger partial charge in [0, 0.05) is 26.1 Å². The van der Waals surface area contributed by atoms with Gasteiger partial charge in [-0.1, -0.05) is 0 Å². The predicted molar refractivity (Wildman–Crippen MR) is 44.8 cm³/mol. The summed E-state index contributed by atoms with van der Waals surface area (Å²) in [4.78, 5) is 2.27. The lowest BCUT2D eigenvalue weighted by Crippen LogP contribution is -2.34. The first-order valence-corrected chi connectivity index (χ1v) is 3.98. The maximum absolute atomic E-state index is 5.21. The first-order chi connectivity index (χ1) is 5.43. The minimum absolute atomic E-state index is 0.857. The van der Waals surface area contributed by atoms with Crippen molar-refractivity contribution in [1.29, 1.82) is 0 Å². The molecule has 1 fully saturated rings. The summed E-state index contributed by atoms with van der Waals surface area (Å²) in [7, 11) is 0. The van der Waals surface area contributed by atoms with Gasteiger partial charge in [0.2, 0.25) is 0 Å². The number of hydrogen-bond acceptors (Lipinski definition) is 2. The molecule has 0 aromatic heterocycles. The molecule has 2 nitrogen and oxygen atoms in total. The highest BCUT2D eigenvalue weighted by Crippen LogP contribution is 2.00. The standard InChI is InChI=1S/C9H14NO/c1-2-3-4-5-10-6-8-11-9-7-10/h5H,4,6-9H2,1H3. The quantitative estimate of drug-likeness (QED) is 0.545. The van der Waals surface area contributed by atoms with Crippen LogP contribution in [0.25, 0.3) is 0 Å². The topological polar surface area (TPSA) is 12.5 Å². The Balaban J connectivity index is 2.08. The Bertz CT molecular complexity index is 151. The molecular weight excluding hydrogens is 138 g/mol. The van der Waals surface area contributed by atoms with E-state index in [9.17, 15) is 0 Å². The van der Waals surface area contributed by atoms with Crippen LogP contribution in [-0.4, -0.2) is 31.2 Å². The smallest absolute Gasteiger partial charge is 0.0594 e. The molecule has 61 valence electrons. The summed E-state index contributed by atoms with van der Waals surface area (Å²) in [6, 6.07) is 0. The molecule has 1 aliphatic rings. The van der Waals surface area contributed by atoms with E-state index in [1.807, 2.05) is 6.92 Å². The number of ether oxygens (including phenoxy) is 1. The highest BCUT2D eigenvalue weighted by atomic mass is 16.5. The van der Waals surface area contributed by atoms with Crippen LogP contribution in [0.4, 0.5) is 0 Å². The average molecular weight is 152 g/mol. The van der Waals surface area contributed by atoms with Crippen molar-refractivity contribution in [2.75, 3.05) is 26.3 Å². The molecule has 1 radical (unpaired) electrons. The largest absolute Gasteiger partial charge is 0.379 e. The molecule has 0 N–H and O–H groups in total. The van der Waals surface area contributed by atoms with Gasteiger partial charge in [0.05, 0.1) is 13.2 Å². The zero-order valence-electron chi connectivity index (χ0n) is 6.97. The Morgan fingerprint density at radius 3 is 2.82 bits per heavy atom. The molecule has 0 atom stereocenters. The van der Waals surface area contributed by atoms with Crippen LogP contribution in [0.15, 0.2) is 0 Å². The van der Waals surface area contributed by atoms with Crippen LogP contribution in [0.2, 0.25) is 0 Å². The predicted octanol–water partition coefficient (Wildman–Crippen LogP) is 0.894. The summed E-state index contributed by atoms with van der Waals surface area (Å²) in [5.41, 5.74) is 0. The zero-order valence-corrected chi connectivity index (χ0v) is 6.97. The molecule has 0 aromatic carbocycles. The lowest BCUT2D eigenvalue weighted by atomic mass is 10.3. The van der Waals surface area contributed by atoms with Crippen molar-refractivity contribution in [2.24, 2.45) is 0 Å². The van der Waals surface area contributed by atoms with E-state index in [1.54, 1.807) is 0 Å². The van der Waals surface area contributed by atoms with E-state index in [1.165, 1.54) is 0 Å². The van der Waals surface area contributed by atoms with Crippen LogP contribution in [0.5, 0.6) is 0 Å². The summed E-state index contributed by atoms with van der Waals surface area (Å²) in [6.45, 7) is 7.77. The van der Waals surface area contributed by atoms with Crippen LogP contribution in [-0.2, 0) is 4.74 Å². The summed E-state index contributed by atoms with van der Waals surface area (Å²) >= 11 is 0. The van der Waals surface area contributed by atoms with Crippen molar-refractivity contribution in [2.45, 2.75) is 13.3 Å². The van der Waals surface area contributed by atoms with E-state index in [2.05, 4.69) is 23.3 Å². The van der Waals surface area contributed by atoms with Gasteiger partial charge in [0.25, 0.3) is 0 Å². The monoisotopic (exact) mass is 152 g/mol. The lowest BCUT2D eigenvalue weighted by molar-refractivity contribution is 0.0509. The molecule has 0 saturated carbocycles. The molecule has 1 heterocycles. The van der Waals surface area contributed by atoms with Crippen molar-refractivity contribution in [3.63, 3.8) is 0 Å². The highest BCUT2D eigenvalue weighted by Gasteiger charge is 2.08.